The van der Waals surface area contributed by atoms with E-state index in [4.69, 9.17) is 5.53 Å². The summed E-state index contributed by atoms with van der Waals surface area (Å²) in [7, 11) is 0.973. The predicted octanol–water partition coefficient (Wildman–Crippen LogP) is 2.46. The highest BCUT2D eigenvalue weighted by Crippen LogP contribution is 2.29. The molecule has 1 rings (SSSR count). The Morgan fingerprint density at radius 1 is 1.65 bits per heavy atom. The van der Waals surface area contributed by atoms with Crippen LogP contribution in [0.4, 0.5) is 15.8 Å². The highest BCUT2D eigenvalue weighted by Gasteiger charge is 2.25. The molecule has 0 fully saturated rings. The zero-order chi connectivity index (χ0) is 13.0. The predicted molar refractivity (Wildman–Crippen MR) is 53.2 cm³/mol. The van der Waals surface area contributed by atoms with Gasteiger partial charge in [0.15, 0.2) is 0 Å². The molecular weight excluding hydrogens is 235 g/mol. The molecule has 0 amide bonds. The fourth-order valence-corrected chi connectivity index (χ4v) is 1.12. The Hall–Kier alpha value is -2.67. The standard InChI is InChI=1S/C8H5FN4O4/c1-17-8(14)6-4(11-12-10)2-3-5(7(6)9)13(15)16/h2-3H,1H3. The average molecular weight is 240 g/mol. The zero-order valence-corrected chi connectivity index (χ0v) is 8.45. The van der Waals surface area contributed by atoms with Gasteiger partial charge >= 0.3 is 11.7 Å². The lowest BCUT2D eigenvalue weighted by atomic mass is 10.1. The Kier molecular flexibility index (Phi) is 3.58. The summed E-state index contributed by atoms with van der Waals surface area (Å²) in [5, 5.41) is 13.5. The highest BCUT2D eigenvalue weighted by atomic mass is 19.1. The summed E-state index contributed by atoms with van der Waals surface area (Å²) in [6.07, 6.45) is 0. The minimum atomic E-state index is -1.40. The van der Waals surface area contributed by atoms with E-state index in [1.165, 1.54) is 0 Å². The molecule has 0 radical (unpaired) electrons. The van der Waals surface area contributed by atoms with E-state index in [0.29, 0.717) is 0 Å². The number of esters is 1. The molecule has 0 saturated carbocycles. The number of nitro benzene ring substituents is 1. The van der Waals surface area contributed by atoms with Gasteiger partial charge in [-0.2, -0.15) is 4.39 Å². The second kappa shape index (κ2) is 4.90. The molecule has 0 aliphatic rings. The number of azide groups is 1. The normalized spacial score (nSPS) is 9.29. The second-order valence-electron chi connectivity index (χ2n) is 2.73. The van der Waals surface area contributed by atoms with Gasteiger partial charge in [-0.25, -0.2) is 4.79 Å². The molecule has 1 aromatic rings. The van der Waals surface area contributed by atoms with E-state index in [0.717, 1.165) is 19.2 Å². The maximum Gasteiger partial charge on any atom is 0.341 e. The smallest absolute Gasteiger partial charge is 0.341 e. The van der Waals surface area contributed by atoms with Gasteiger partial charge in [-0.3, -0.25) is 10.1 Å². The van der Waals surface area contributed by atoms with Crippen LogP contribution < -0.4 is 0 Å². The molecule has 0 spiro atoms. The lowest BCUT2D eigenvalue weighted by molar-refractivity contribution is -0.387. The second-order valence-corrected chi connectivity index (χ2v) is 2.73. The number of methoxy groups -OCH3 is 1. The van der Waals surface area contributed by atoms with Crippen LogP contribution in [0.1, 0.15) is 10.4 Å². The molecule has 0 unspecified atom stereocenters. The number of carbonyl (C=O) groups is 1. The molecule has 88 valence electrons. The van der Waals surface area contributed by atoms with Gasteiger partial charge in [-0.1, -0.05) is 5.11 Å². The van der Waals surface area contributed by atoms with Gasteiger partial charge in [0, 0.05) is 11.0 Å². The van der Waals surface area contributed by atoms with Crippen LogP contribution in [0.25, 0.3) is 10.4 Å². The first-order valence-electron chi connectivity index (χ1n) is 4.13. The molecule has 0 atom stereocenters. The number of hydrogen-bond donors (Lipinski definition) is 0. The van der Waals surface area contributed by atoms with Crippen LogP contribution in [-0.4, -0.2) is 18.0 Å². The monoisotopic (exact) mass is 240 g/mol. The van der Waals surface area contributed by atoms with Gasteiger partial charge in [-0.05, 0) is 11.6 Å². The molecule has 0 saturated heterocycles. The number of halogens is 1. The minimum Gasteiger partial charge on any atom is -0.465 e. The van der Waals surface area contributed by atoms with Crippen LogP contribution in [-0.2, 0) is 4.74 Å². The fourth-order valence-electron chi connectivity index (χ4n) is 1.12. The molecule has 1 aromatic carbocycles. The molecular formula is C8H5FN4O4. The maximum atomic E-state index is 13.6. The molecule has 8 nitrogen and oxygen atoms in total. The largest absolute Gasteiger partial charge is 0.465 e. The van der Waals surface area contributed by atoms with Gasteiger partial charge < -0.3 is 4.74 Å². The number of hydrogen-bond acceptors (Lipinski definition) is 5. The van der Waals surface area contributed by atoms with Crippen molar-refractivity contribution in [2.45, 2.75) is 0 Å². The lowest BCUT2D eigenvalue weighted by Crippen LogP contribution is -2.07. The van der Waals surface area contributed by atoms with Gasteiger partial charge in [0.05, 0.1) is 17.7 Å². The van der Waals surface area contributed by atoms with Crippen molar-refractivity contribution in [3.63, 3.8) is 0 Å². The Bertz CT molecular complexity index is 539. The number of rotatable bonds is 3. The van der Waals surface area contributed by atoms with E-state index in [2.05, 4.69) is 14.8 Å². The van der Waals surface area contributed by atoms with Crippen LogP contribution in [0, 0.1) is 15.9 Å². The zero-order valence-electron chi connectivity index (χ0n) is 8.45. The first-order valence-corrected chi connectivity index (χ1v) is 4.13. The van der Waals surface area contributed by atoms with Gasteiger partial charge in [0.2, 0.25) is 5.82 Å². The quantitative estimate of drug-likeness (QED) is 0.201. The Morgan fingerprint density at radius 2 is 2.29 bits per heavy atom. The number of nitrogens with zero attached hydrogens (tertiary/aromatic N) is 4. The summed E-state index contributed by atoms with van der Waals surface area (Å²) in [5.41, 5.74) is 6.18. The molecule has 0 aliphatic heterocycles. The van der Waals surface area contributed by atoms with E-state index in [1.807, 2.05) is 0 Å². The summed E-state index contributed by atoms with van der Waals surface area (Å²) in [5.74, 6) is -2.56. The Morgan fingerprint density at radius 3 is 2.76 bits per heavy atom. The van der Waals surface area contributed by atoms with Crippen LogP contribution in [0.2, 0.25) is 0 Å². The van der Waals surface area contributed by atoms with Crippen molar-refractivity contribution in [3.05, 3.63) is 44.1 Å². The first kappa shape index (κ1) is 12.4. The third-order valence-electron chi connectivity index (χ3n) is 1.84. The van der Waals surface area contributed by atoms with Gasteiger partial charge in [0.1, 0.15) is 5.56 Å². The van der Waals surface area contributed by atoms with Crippen LogP contribution >= 0.6 is 0 Å². The first-order chi connectivity index (χ1) is 8.02. The van der Waals surface area contributed by atoms with Crippen LogP contribution in [0.5, 0.6) is 0 Å². The van der Waals surface area contributed by atoms with Crippen molar-refractivity contribution in [2.75, 3.05) is 7.11 Å². The van der Waals surface area contributed by atoms with Crippen LogP contribution in [0.15, 0.2) is 17.2 Å². The molecule has 17 heavy (non-hydrogen) atoms. The average Bonchev–Trinajstić information content (AvgIpc) is 2.28. The highest BCUT2D eigenvalue weighted by molar-refractivity contribution is 5.96. The molecule has 0 aliphatic carbocycles. The molecule has 0 aromatic heterocycles. The van der Waals surface area contributed by atoms with Crippen molar-refractivity contribution < 1.29 is 18.8 Å². The Labute approximate surface area is 93.4 Å². The summed E-state index contributed by atoms with van der Waals surface area (Å²) < 4.78 is 17.9. The summed E-state index contributed by atoms with van der Waals surface area (Å²) >= 11 is 0. The topological polar surface area (TPSA) is 118 Å². The number of benzene rings is 1. The third-order valence-corrected chi connectivity index (χ3v) is 1.84. The van der Waals surface area contributed by atoms with E-state index in [9.17, 15) is 19.3 Å². The summed E-state index contributed by atoms with van der Waals surface area (Å²) in [6.45, 7) is 0. The third kappa shape index (κ3) is 2.29. The summed E-state index contributed by atoms with van der Waals surface area (Å²) in [6, 6.07) is 1.76. The molecule has 0 N–H and O–H groups in total. The number of carbonyl (C=O) groups excluding carboxylic acids is 1. The van der Waals surface area contributed by atoms with Crippen molar-refractivity contribution in [1.82, 2.24) is 0 Å². The van der Waals surface area contributed by atoms with E-state index in [1.54, 1.807) is 0 Å². The van der Waals surface area contributed by atoms with E-state index < -0.39 is 28.0 Å². The molecule has 0 heterocycles. The van der Waals surface area contributed by atoms with Crippen molar-refractivity contribution in [3.8, 4) is 0 Å². The molecule has 0 bridgehead atoms. The lowest BCUT2D eigenvalue weighted by Gasteiger charge is -2.04. The number of nitro groups is 1. The maximum absolute atomic E-state index is 13.6. The van der Waals surface area contributed by atoms with Crippen molar-refractivity contribution >= 4 is 17.3 Å². The molecule has 9 heteroatoms. The van der Waals surface area contributed by atoms with Gasteiger partial charge in [-0.15, -0.1) is 0 Å². The van der Waals surface area contributed by atoms with E-state index >= 15 is 0 Å². The van der Waals surface area contributed by atoms with Crippen molar-refractivity contribution in [2.24, 2.45) is 5.11 Å². The Balaban J connectivity index is 3.58. The van der Waals surface area contributed by atoms with Crippen LogP contribution in [0.3, 0.4) is 0 Å². The summed E-state index contributed by atoms with van der Waals surface area (Å²) in [4.78, 5) is 23.1. The SMILES string of the molecule is COC(=O)c1c(N=[N+]=[N-])ccc([N+](=O)[O-])c1F. The fraction of sp³-hybridized carbons (Fsp3) is 0.125. The minimum absolute atomic E-state index is 0.373. The van der Waals surface area contributed by atoms with E-state index in [-0.39, 0.29) is 5.69 Å². The van der Waals surface area contributed by atoms with Crippen molar-refractivity contribution in [1.29, 1.82) is 0 Å². The number of ether oxygens (including phenoxy) is 1. The van der Waals surface area contributed by atoms with Gasteiger partial charge in [0.25, 0.3) is 0 Å².